The van der Waals surface area contributed by atoms with Crippen LogP contribution in [-0.2, 0) is 14.3 Å². The number of amides is 3. The highest BCUT2D eigenvalue weighted by molar-refractivity contribution is 5.86. The lowest BCUT2D eigenvalue weighted by molar-refractivity contribution is -0.124. The van der Waals surface area contributed by atoms with Crippen molar-refractivity contribution in [3.63, 3.8) is 0 Å². The maximum atomic E-state index is 11.6. The molecule has 0 aromatic carbocycles. The number of rotatable bonds is 4. The predicted molar refractivity (Wildman–Crippen MR) is 73.1 cm³/mol. The van der Waals surface area contributed by atoms with Crippen molar-refractivity contribution >= 4 is 17.9 Å². The van der Waals surface area contributed by atoms with Gasteiger partial charge in [0.1, 0.15) is 11.6 Å². The third-order valence-electron chi connectivity index (χ3n) is 2.72. The van der Waals surface area contributed by atoms with Gasteiger partial charge in [-0.2, -0.15) is 0 Å². The summed E-state index contributed by atoms with van der Waals surface area (Å²) in [4.78, 5) is 34.3. The van der Waals surface area contributed by atoms with Crippen molar-refractivity contribution in [3.8, 4) is 0 Å². The van der Waals surface area contributed by atoms with E-state index in [-0.39, 0.29) is 24.4 Å². The number of hydrogen-bond acceptors (Lipinski definition) is 5. The van der Waals surface area contributed by atoms with Crippen LogP contribution in [-0.4, -0.2) is 36.1 Å². The van der Waals surface area contributed by atoms with Gasteiger partial charge in [-0.25, -0.2) is 4.79 Å². The lowest BCUT2D eigenvalue weighted by Gasteiger charge is -2.23. The molecule has 7 N–H and O–H groups in total. The molecule has 1 unspecified atom stereocenters. The molecule has 1 aliphatic rings. The SMILES string of the molecule is CC(C)(C)OC(=O)NC(C[C@@H]1CCNC1=O)C(N)=O.N. The summed E-state index contributed by atoms with van der Waals surface area (Å²) in [5.74, 6) is -1.09. The summed E-state index contributed by atoms with van der Waals surface area (Å²) in [6.45, 7) is 5.74. The smallest absolute Gasteiger partial charge is 0.408 e. The fourth-order valence-corrected chi connectivity index (χ4v) is 1.85. The van der Waals surface area contributed by atoms with Gasteiger partial charge in [0.2, 0.25) is 11.8 Å². The number of nitrogens with two attached hydrogens (primary N) is 1. The van der Waals surface area contributed by atoms with Gasteiger partial charge in [0.05, 0.1) is 0 Å². The Morgan fingerprint density at radius 3 is 2.50 bits per heavy atom. The third-order valence-corrected chi connectivity index (χ3v) is 2.72. The van der Waals surface area contributed by atoms with Crippen molar-refractivity contribution in [1.29, 1.82) is 0 Å². The summed E-state index contributed by atoms with van der Waals surface area (Å²) in [5, 5.41) is 5.08. The van der Waals surface area contributed by atoms with Gasteiger partial charge in [0.15, 0.2) is 0 Å². The number of nitrogens with one attached hydrogen (secondary N) is 2. The van der Waals surface area contributed by atoms with Gasteiger partial charge in [-0.05, 0) is 33.6 Å². The van der Waals surface area contributed by atoms with E-state index in [0.717, 1.165) is 0 Å². The fraction of sp³-hybridized carbons (Fsp3) is 0.750. The van der Waals surface area contributed by atoms with Gasteiger partial charge in [0.25, 0.3) is 0 Å². The van der Waals surface area contributed by atoms with E-state index in [9.17, 15) is 14.4 Å². The summed E-state index contributed by atoms with van der Waals surface area (Å²) < 4.78 is 5.05. The normalized spacial score (nSPS) is 19.6. The molecule has 0 saturated carbocycles. The van der Waals surface area contributed by atoms with Crippen LogP contribution in [0.5, 0.6) is 0 Å². The van der Waals surface area contributed by atoms with Gasteiger partial charge in [-0.1, -0.05) is 0 Å². The van der Waals surface area contributed by atoms with E-state index in [4.69, 9.17) is 10.5 Å². The largest absolute Gasteiger partial charge is 0.444 e. The van der Waals surface area contributed by atoms with Crippen LogP contribution >= 0.6 is 0 Å². The van der Waals surface area contributed by atoms with E-state index in [0.29, 0.717) is 13.0 Å². The lowest BCUT2D eigenvalue weighted by atomic mass is 9.98. The Morgan fingerprint density at radius 2 is 2.10 bits per heavy atom. The highest BCUT2D eigenvalue weighted by atomic mass is 16.6. The average molecular weight is 288 g/mol. The van der Waals surface area contributed by atoms with Crippen LogP contribution in [0.15, 0.2) is 0 Å². The van der Waals surface area contributed by atoms with Gasteiger partial charge in [-0.3, -0.25) is 9.59 Å². The first-order valence-corrected chi connectivity index (χ1v) is 6.25. The quantitative estimate of drug-likeness (QED) is 0.577. The number of primary amides is 1. The van der Waals surface area contributed by atoms with Crippen molar-refractivity contribution in [3.05, 3.63) is 0 Å². The second kappa shape index (κ2) is 7.09. The lowest BCUT2D eigenvalue weighted by Crippen LogP contribution is -2.47. The molecule has 1 saturated heterocycles. The van der Waals surface area contributed by atoms with E-state index >= 15 is 0 Å². The summed E-state index contributed by atoms with van der Waals surface area (Å²) in [6.07, 6.45) is 0.119. The monoisotopic (exact) mass is 288 g/mol. The highest BCUT2D eigenvalue weighted by Gasteiger charge is 2.31. The van der Waals surface area contributed by atoms with E-state index in [1.165, 1.54) is 0 Å². The summed E-state index contributed by atoms with van der Waals surface area (Å²) >= 11 is 0. The molecule has 116 valence electrons. The topological polar surface area (TPSA) is 146 Å². The Bertz CT molecular complexity index is 378. The molecule has 1 aliphatic heterocycles. The van der Waals surface area contributed by atoms with Crippen LogP contribution in [0.1, 0.15) is 33.6 Å². The van der Waals surface area contributed by atoms with Crippen molar-refractivity contribution in [2.24, 2.45) is 11.7 Å². The van der Waals surface area contributed by atoms with Crippen LogP contribution in [0, 0.1) is 5.92 Å². The zero-order valence-corrected chi connectivity index (χ0v) is 12.2. The molecule has 0 bridgehead atoms. The second-order valence-corrected chi connectivity index (χ2v) is 5.61. The third kappa shape index (κ3) is 5.87. The van der Waals surface area contributed by atoms with Crippen LogP contribution in [0.25, 0.3) is 0 Å². The van der Waals surface area contributed by atoms with Gasteiger partial charge >= 0.3 is 6.09 Å². The molecule has 0 radical (unpaired) electrons. The second-order valence-electron chi connectivity index (χ2n) is 5.61. The molecule has 2 atom stereocenters. The molecular formula is C12H24N4O4. The average Bonchev–Trinajstić information content (AvgIpc) is 2.60. The number of carbonyl (C=O) groups excluding carboxylic acids is 3. The molecule has 0 aliphatic carbocycles. The molecule has 1 fully saturated rings. The predicted octanol–water partition coefficient (Wildman–Crippen LogP) is 0.0532. The molecule has 8 heteroatoms. The van der Waals surface area contributed by atoms with E-state index in [2.05, 4.69) is 10.6 Å². The molecule has 1 heterocycles. The molecule has 0 aromatic rings. The van der Waals surface area contributed by atoms with Gasteiger partial charge in [0, 0.05) is 12.5 Å². The molecule has 0 spiro atoms. The number of alkyl carbamates (subject to hydrolysis) is 1. The Kier molecular flexibility index (Phi) is 6.44. The number of ether oxygens (including phenoxy) is 1. The van der Waals surface area contributed by atoms with Crippen molar-refractivity contribution in [2.45, 2.75) is 45.3 Å². The molecule has 20 heavy (non-hydrogen) atoms. The minimum atomic E-state index is -0.899. The first-order chi connectivity index (χ1) is 8.69. The van der Waals surface area contributed by atoms with E-state index in [1.54, 1.807) is 20.8 Å². The Morgan fingerprint density at radius 1 is 1.50 bits per heavy atom. The van der Waals surface area contributed by atoms with E-state index < -0.39 is 23.6 Å². The van der Waals surface area contributed by atoms with Gasteiger partial charge in [-0.15, -0.1) is 0 Å². The molecular weight excluding hydrogens is 264 g/mol. The Hall–Kier alpha value is -1.83. The highest BCUT2D eigenvalue weighted by Crippen LogP contribution is 2.16. The standard InChI is InChI=1S/C12H21N3O4.H3N/c1-12(2,3)19-11(18)15-8(9(13)16)6-7-4-5-14-10(7)17;/h7-8H,4-6H2,1-3H3,(H2,13,16)(H,14,17)(H,15,18);1H3/t7-,8?;/m0./s1. The van der Waals surface area contributed by atoms with Crippen LogP contribution in [0.4, 0.5) is 4.79 Å². The van der Waals surface area contributed by atoms with Gasteiger partial charge < -0.3 is 27.3 Å². The van der Waals surface area contributed by atoms with Crippen LogP contribution in [0.2, 0.25) is 0 Å². The zero-order chi connectivity index (χ0) is 14.6. The minimum Gasteiger partial charge on any atom is -0.444 e. The molecule has 1 rings (SSSR count). The minimum absolute atomic E-state index is 0. The Balaban J connectivity index is 0.00000361. The van der Waals surface area contributed by atoms with E-state index in [1.807, 2.05) is 0 Å². The first-order valence-electron chi connectivity index (χ1n) is 6.25. The first kappa shape index (κ1) is 18.2. The molecule has 3 amide bonds. The number of hydrogen-bond donors (Lipinski definition) is 4. The Labute approximate surface area is 118 Å². The van der Waals surface area contributed by atoms with Crippen molar-refractivity contribution in [2.75, 3.05) is 6.54 Å². The summed E-state index contributed by atoms with van der Waals surface area (Å²) in [7, 11) is 0. The van der Waals surface area contributed by atoms with Crippen molar-refractivity contribution in [1.82, 2.24) is 16.8 Å². The van der Waals surface area contributed by atoms with Crippen LogP contribution in [0.3, 0.4) is 0 Å². The van der Waals surface area contributed by atoms with Crippen LogP contribution < -0.4 is 22.5 Å². The maximum absolute atomic E-state index is 11.6. The summed E-state index contributed by atoms with van der Waals surface area (Å²) in [5.41, 5.74) is 4.58. The van der Waals surface area contributed by atoms with Crippen molar-refractivity contribution < 1.29 is 19.1 Å². The zero-order valence-electron chi connectivity index (χ0n) is 12.2. The number of carbonyl (C=O) groups is 3. The maximum Gasteiger partial charge on any atom is 0.408 e. The molecule has 8 nitrogen and oxygen atoms in total. The fourth-order valence-electron chi connectivity index (χ4n) is 1.85. The summed E-state index contributed by atoms with van der Waals surface area (Å²) in [6, 6.07) is -0.899. The molecule has 0 aromatic heterocycles.